The van der Waals surface area contributed by atoms with E-state index in [0.717, 1.165) is 25.9 Å². The molecule has 0 saturated carbocycles. The number of Topliss-reactive ketones (excluding diaryl/α,β-unsaturated/α-hetero) is 1. The molecule has 98 valence electrons. The van der Waals surface area contributed by atoms with Gasteiger partial charge in [-0.15, -0.1) is 0 Å². The summed E-state index contributed by atoms with van der Waals surface area (Å²) < 4.78 is 5.32. The zero-order chi connectivity index (χ0) is 13.1. The molecule has 0 spiro atoms. The zero-order valence-electron chi connectivity index (χ0n) is 11.3. The molecule has 1 aliphatic rings. The van der Waals surface area contributed by atoms with Crippen LogP contribution in [-0.4, -0.2) is 35.5 Å². The standard InChI is InChI=1S/C13H23NO3/c1-10(15)5-6-11-7-8-14(9-11)12(16)17-13(2,3)4/h11H,5-9H2,1-4H3. The van der Waals surface area contributed by atoms with E-state index < -0.39 is 5.60 Å². The molecule has 1 rings (SSSR count). The number of ether oxygens (including phenoxy) is 1. The maximum Gasteiger partial charge on any atom is 0.410 e. The summed E-state index contributed by atoms with van der Waals surface area (Å²) in [6, 6.07) is 0. The third kappa shape index (κ3) is 5.20. The summed E-state index contributed by atoms with van der Waals surface area (Å²) >= 11 is 0. The second-order valence-electron chi connectivity index (χ2n) is 5.82. The molecule has 0 bridgehead atoms. The quantitative estimate of drug-likeness (QED) is 0.763. The van der Waals surface area contributed by atoms with Crippen molar-refractivity contribution in [3.63, 3.8) is 0 Å². The van der Waals surface area contributed by atoms with Crippen molar-refractivity contribution >= 4 is 11.9 Å². The molecule has 0 aromatic rings. The summed E-state index contributed by atoms with van der Waals surface area (Å²) in [5.41, 5.74) is -0.436. The average Bonchev–Trinajstić information content (AvgIpc) is 2.60. The molecule has 1 unspecified atom stereocenters. The Kier molecular flexibility index (Phi) is 4.54. The topological polar surface area (TPSA) is 46.6 Å². The molecule has 0 radical (unpaired) electrons. The van der Waals surface area contributed by atoms with Crippen LogP contribution in [0.25, 0.3) is 0 Å². The molecular formula is C13H23NO3. The molecule has 0 N–H and O–H groups in total. The first-order valence-corrected chi connectivity index (χ1v) is 6.25. The van der Waals surface area contributed by atoms with Gasteiger partial charge in [0.2, 0.25) is 0 Å². The van der Waals surface area contributed by atoms with E-state index in [1.807, 2.05) is 20.8 Å². The van der Waals surface area contributed by atoms with Crippen molar-refractivity contribution in [2.45, 2.75) is 52.6 Å². The molecular weight excluding hydrogens is 218 g/mol. The number of hydrogen-bond donors (Lipinski definition) is 0. The number of carbonyl (C=O) groups excluding carboxylic acids is 2. The SMILES string of the molecule is CC(=O)CCC1CCN(C(=O)OC(C)(C)C)C1. The first kappa shape index (κ1) is 14.0. The second kappa shape index (κ2) is 5.52. The Balaban J connectivity index is 2.34. The maximum atomic E-state index is 11.8. The van der Waals surface area contributed by atoms with Gasteiger partial charge in [-0.05, 0) is 46.5 Å². The molecule has 1 saturated heterocycles. The van der Waals surface area contributed by atoms with Gasteiger partial charge in [0.25, 0.3) is 0 Å². The first-order valence-electron chi connectivity index (χ1n) is 6.25. The monoisotopic (exact) mass is 241 g/mol. The Hall–Kier alpha value is -1.06. The van der Waals surface area contributed by atoms with Crippen molar-refractivity contribution in [2.24, 2.45) is 5.92 Å². The molecule has 0 aliphatic carbocycles. The third-order valence-corrected chi connectivity index (χ3v) is 2.84. The van der Waals surface area contributed by atoms with Gasteiger partial charge in [-0.2, -0.15) is 0 Å². The molecule has 17 heavy (non-hydrogen) atoms. The summed E-state index contributed by atoms with van der Waals surface area (Å²) in [4.78, 5) is 24.4. The Morgan fingerprint density at radius 3 is 2.53 bits per heavy atom. The second-order valence-corrected chi connectivity index (χ2v) is 5.82. The highest BCUT2D eigenvalue weighted by atomic mass is 16.6. The largest absolute Gasteiger partial charge is 0.444 e. The normalized spacial score (nSPS) is 20.5. The molecule has 1 atom stereocenters. The predicted molar refractivity (Wildman–Crippen MR) is 65.8 cm³/mol. The van der Waals surface area contributed by atoms with E-state index >= 15 is 0 Å². The minimum absolute atomic E-state index is 0.223. The van der Waals surface area contributed by atoms with Gasteiger partial charge in [0.1, 0.15) is 11.4 Å². The molecule has 0 aromatic heterocycles. The highest BCUT2D eigenvalue weighted by molar-refractivity contribution is 5.75. The van der Waals surface area contributed by atoms with Crippen molar-refractivity contribution in [1.29, 1.82) is 0 Å². The smallest absolute Gasteiger partial charge is 0.410 e. The minimum Gasteiger partial charge on any atom is -0.444 e. The highest BCUT2D eigenvalue weighted by Crippen LogP contribution is 2.23. The molecule has 1 aliphatic heterocycles. The molecule has 4 heteroatoms. The van der Waals surface area contributed by atoms with E-state index in [-0.39, 0.29) is 11.9 Å². The van der Waals surface area contributed by atoms with E-state index in [2.05, 4.69) is 0 Å². The molecule has 1 fully saturated rings. The lowest BCUT2D eigenvalue weighted by molar-refractivity contribution is -0.117. The Morgan fingerprint density at radius 2 is 2.00 bits per heavy atom. The number of hydrogen-bond acceptors (Lipinski definition) is 3. The fourth-order valence-electron chi connectivity index (χ4n) is 1.97. The van der Waals surface area contributed by atoms with Crippen molar-refractivity contribution in [1.82, 2.24) is 4.90 Å². The van der Waals surface area contributed by atoms with E-state index in [1.54, 1.807) is 11.8 Å². The Morgan fingerprint density at radius 1 is 1.35 bits per heavy atom. The van der Waals surface area contributed by atoms with Gasteiger partial charge in [0.05, 0.1) is 0 Å². The highest BCUT2D eigenvalue weighted by Gasteiger charge is 2.29. The summed E-state index contributed by atoms with van der Waals surface area (Å²) in [6.07, 6.45) is 2.25. The first-order chi connectivity index (χ1) is 7.78. The van der Waals surface area contributed by atoms with Crippen LogP contribution < -0.4 is 0 Å². The van der Waals surface area contributed by atoms with Gasteiger partial charge >= 0.3 is 6.09 Å². The van der Waals surface area contributed by atoms with Gasteiger partial charge in [-0.25, -0.2) is 4.79 Å². The van der Waals surface area contributed by atoms with Crippen LogP contribution >= 0.6 is 0 Å². The van der Waals surface area contributed by atoms with Crippen LogP contribution in [-0.2, 0) is 9.53 Å². The van der Waals surface area contributed by atoms with Crippen LogP contribution in [0.15, 0.2) is 0 Å². The van der Waals surface area contributed by atoms with E-state index in [0.29, 0.717) is 12.3 Å². The van der Waals surface area contributed by atoms with Crippen LogP contribution in [0.5, 0.6) is 0 Å². The van der Waals surface area contributed by atoms with E-state index in [9.17, 15) is 9.59 Å². The van der Waals surface area contributed by atoms with Gasteiger partial charge in [0, 0.05) is 19.5 Å². The van der Waals surface area contributed by atoms with Gasteiger partial charge in [-0.3, -0.25) is 0 Å². The van der Waals surface area contributed by atoms with Gasteiger partial charge in [-0.1, -0.05) is 0 Å². The van der Waals surface area contributed by atoms with Crippen LogP contribution in [0.4, 0.5) is 4.79 Å². The number of likely N-dealkylation sites (tertiary alicyclic amines) is 1. The summed E-state index contributed by atoms with van der Waals surface area (Å²) in [5, 5.41) is 0. The Bertz CT molecular complexity index is 294. The van der Waals surface area contributed by atoms with Gasteiger partial charge in [0.15, 0.2) is 0 Å². The minimum atomic E-state index is -0.436. The Labute approximate surface area is 103 Å². The van der Waals surface area contributed by atoms with Crippen LogP contribution in [0, 0.1) is 5.92 Å². The molecule has 1 amide bonds. The molecule has 4 nitrogen and oxygen atoms in total. The van der Waals surface area contributed by atoms with Gasteiger partial charge < -0.3 is 14.4 Å². The van der Waals surface area contributed by atoms with Crippen LogP contribution in [0.2, 0.25) is 0 Å². The summed E-state index contributed by atoms with van der Waals surface area (Å²) in [7, 11) is 0. The summed E-state index contributed by atoms with van der Waals surface area (Å²) in [6.45, 7) is 8.69. The molecule has 1 heterocycles. The van der Waals surface area contributed by atoms with Crippen molar-refractivity contribution in [3.05, 3.63) is 0 Å². The fraction of sp³-hybridized carbons (Fsp3) is 0.846. The number of nitrogens with zero attached hydrogens (tertiary/aromatic N) is 1. The molecule has 0 aromatic carbocycles. The van der Waals surface area contributed by atoms with E-state index in [4.69, 9.17) is 4.74 Å². The maximum absolute atomic E-state index is 11.8. The van der Waals surface area contributed by atoms with Crippen molar-refractivity contribution in [2.75, 3.05) is 13.1 Å². The fourth-order valence-corrected chi connectivity index (χ4v) is 1.97. The lowest BCUT2D eigenvalue weighted by Gasteiger charge is -2.24. The van der Waals surface area contributed by atoms with E-state index in [1.165, 1.54) is 0 Å². The predicted octanol–water partition coefficient (Wildman–Crippen LogP) is 2.61. The number of carbonyl (C=O) groups is 2. The lowest BCUT2D eigenvalue weighted by Crippen LogP contribution is -2.35. The number of amides is 1. The number of ketones is 1. The van der Waals surface area contributed by atoms with Crippen molar-refractivity contribution < 1.29 is 14.3 Å². The number of rotatable bonds is 3. The average molecular weight is 241 g/mol. The zero-order valence-corrected chi connectivity index (χ0v) is 11.3. The summed E-state index contributed by atoms with van der Waals surface area (Å²) in [5.74, 6) is 0.673. The van der Waals surface area contributed by atoms with Crippen LogP contribution in [0.1, 0.15) is 47.0 Å². The third-order valence-electron chi connectivity index (χ3n) is 2.84. The van der Waals surface area contributed by atoms with Crippen LogP contribution in [0.3, 0.4) is 0 Å². The lowest BCUT2D eigenvalue weighted by atomic mass is 10.0. The van der Waals surface area contributed by atoms with Crippen molar-refractivity contribution in [3.8, 4) is 0 Å².